The van der Waals surface area contributed by atoms with Crippen molar-refractivity contribution in [2.75, 3.05) is 14.2 Å². The predicted molar refractivity (Wildman–Crippen MR) is 86.7 cm³/mol. The van der Waals surface area contributed by atoms with E-state index in [1.54, 1.807) is 14.2 Å². The van der Waals surface area contributed by atoms with Gasteiger partial charge in [-0.05, 0) is 43.0 Å². The van der Waals surface area contributed by atoms with Crippen molar-refractivity contribution in [3.8, 4) is 22.8 Å². The number of hydrogen-bond donors (Lipinski definition) is 0. The first kappa shape index (κ1) is 13.3. The van der Waals surface area contributed by atoms with E-state index in [0.717, 1.165) is 33.8 Å². The molecule has 0 atom stereocenters. The minimum Gasteiger partial charge on any atom is -0.496 e. The fraction of sp³-hybridized carbons (Fsp3) is 0.263. The fourth-order valence-corrected chi connectivity index (χ4v) is 2.98. The van der Waals surface area contributed by atoms with Crippen molar-refractivity contribution in [1.29, 1.82) is 0 Å². The highest BCUT2D eigenvalue weighted by atomic mass is 16.5. The van der Waals surface area contributed by atoms with E-state index < -0.39 is 0 Å². The van der Waals surface area contributed by atoms with E-state index in [4.69, 9.17) is 13.9 Å². The lowest BCUT2D eigenvalue weighted by atomic mass is 10.0. The molecule has 1 aromatic heterocycles. The van der Waals surface area contributed by atoms with E-state index >= 15 is 0 Å². The molecule has 1 aliphatic carbocycles. The third-order valence-corrected chi connectivity index (χ3v) is 4.24. The third kappa shape index (κ3) is 2.13. The Hall–Kier alpha value is -2.42. The number of hydrogen-bond acceptors (Lipinski definition) is 3. The van der Waals surface area contributed by atoms with Crippen LogP contribution >= 0.6 is 0 Å². The number of methoxy groups -OCH3 is 2. The highest BCUT2D eigenvalue weighted by Gasteiger charge is 2.31. The van der Waals surface area contributed by atoms with Crippen LogP contribution in [-0.4, -0.2) is 14.2 Å². The quantitative estimate of drug-likeness (QED) is 0.679. The molecule has 1 fully saturated rings. The second-order valence-electron chi connectivity index (χ2n) is 5.72. The van der Waals surface area contributed by atoms with Gasteiger partial charge in [0, 0.05) is 16.5 Å². The van der Waals surface area contributed by atoms with Gasteiger partial charge in [0.15, 0.2) is 0 Å². The van der Waals surface area contributed by atoms with Crippen molar-refractivity contribution in [1.82, 2.24) is 0 Å². The molecule has 0 unspecified atom stereocenters. The van der Waals surface area contributed by atoms with Crippen LogP contribution in [0.2, 0.25) is 0 Å². The van der Waals surface area contributed by atoms with E-state index in [-0.39, 0.29) is 0 Å². The Morgan fingerprint density at radius 1 is 0.955 bits per heavy atom. The summed E-state index contributed by atoms with van der Waals surface area (Å²) >= 11 is 0. The molecular formula is C19H18O3. The van der Waals surface area contributed by atoms with E-state index in [9.17, 15) is 0 Å². The van der Waals surface area contributed by atoms with Gasteiger partial charge in [-0.1, -0.05) is 18.2 Å². The number of furan rings is 1. The van der Waals surface area contributed by atoms with Crippen LogP contribution in [0.4, 0.5) is 0 Å². The highest BCUT2D eigenvalue weighted by Crippen LogP contribution is 2.50. The summed E-state index contributed by atoms with van der Waals surface area (Å²) < 4.78 is 17.2. The zero-order valence-electron chi connectivity index (χ0n) is 12.8. The van der Waals surface area contributed by atoms with Crippen LogP contribution in [0.5, 0.6) is 11.5 Å². The smallest absolute Gasteiger partial charge is 0.135 e. The first-order valence-electron chi connectivity index (χ1n) is 7.55. The molecule has 3 nitrogen and oxygen atoms in total. The van der Waals surface area contributed by atoms with Crippen LogP contribution < -0.4 is 9.47 Å². The maximum atomic E-state index is 5.96. The second kappa shape index (κ2) is 5.09. The van der Waals surface area contributed by atoms with Crippen LogP contribution in [0.1, 0.15) is 24.3 Å². The zero-order valence-corrected chi connectivity index (χ0v) is 12.8. The molecule has 4 rings (SSSR count). The van der Waals surface area contributed by atoms with E-state index in [2.05, 4.69) is 12.1 Å². The maximum absolute atomic E-state index is 5.96. The Morgan fingerprint density at radius 2 is 1.64 bits per heavy atom. The van der Waals surface area contributed by atoms with Crippen molar-refractivity contribution in [3.63, 3.8) is 0 Å². The van der Waals surface area contributed by atoms with Crippen molar-refractivity contribution in [2.24, 2.45) is 0 Å². The van der Waals surface area contributed by atoms with Gasteiger partial charge in [0.25, 0.3) is 0 Å². The molecule has 1 heterocycles. The standard InChI is InChI=1S/C19H18O3/c1-20-17-10-14(11-18(21-2)19(17)12-7-8-12)16-9-13-5-3-4-6-15(13)22-16/h3-6,9-12H,7-8H2,1-2H3. The molecule has 0 amide bonds. The predicted octanol–water partition coefficient (Wildman–Crippen LogP) is 4.99. The van der Waals surface area contributed by atoms with E-state index in [1.165, 1.54) is 18.4 Å². The lowest BCUT2D eigenvalue weighted by Gasteiger charge is -2.14. The van der Waals surface area contributed by atoms with Gasteiger partial charge in [-0.25, -0.2) is 0 Å². The molecule has 0 aliphatic heterocycles. The van der Waals surface area contributed by atoms with Crippen molar-refractivity contribution < 1.29 is 13.9 Å². The molecule has 0 bridgehead atoms. The summed E-state index contributed by atoms with van der Waals surface area (Å²) in [5.74, 6) is 3.17. The molecule has 0 spiro atoms. The van der Waals surface area contributed by atoms with Crippen molar-refractivity contribution in [2.45, 2.75) is 18.8 Å². The number of rotatable bonds is 4. The monoisotopic (exact) mass is 294 g/mol. The summed E-state index contributed by atoms with van der Waals surface area (Å²) in [4.78, 5) is 0. The maximum Gasteiger partial charge on any atom is 0.135 e. The second-order valence-corrected chi connectivity index (χ2v) is 5.72. The van der Waals surface area contributed by atoms with Gasteiger partial charge in [0.05, 0.1) is 14.2 Å². The summed E-state index contributed by atoms with van der Waals surface area (Å²) in [6.45, 7) is 0. The van der Waals surface area contributed by atoms with Crippen LogP contribution in [-0.2, 0) is 0 Å². The summed E-state index contributed by atoms with van der Waals surface area (Å²) in [5, 5.41) is 1.10. The van der Waals surface area contributed by atoms with Crippen molar-refractivity contribution in [3.05, 3.63) is 48.0 Å². The topological polar surface area (TPSA) is 31.6 Å². The number of fused-ring (bicyclic) bond motifs is 1. The molecule has 0 saturated heterocycles. The molecule has 0 radical (unpaired) electrons. The first-order valence-corrected chi connectivity index (χ1v) is 7.55. The Morgan fingerprint density at radius 3 is 2.23 bits per heavy atom. The normalized spacial score (nSPS) is 14.3. The molecule has 3 heteroatoms. The minimum absolute atomic E-state index is 0.564. The Bertz CT molecular complexity index is 770. The average molecular weight is 294 g/mol. The number of para-hydroxylation sites is 1. The molecule has 0 N–H and O–H groups in total. The molecule has 22 heavy (non-hydrogen) atoms. The summed E-state index contributed by atoms with van der Waals surface area (Å²) in [6, 6.07) is 14.2. The lowest BCUT2D eigenvalue weighted by molar-refractivity contribution is 0.385. The van der Waals surface area contributed by atoms with Gasteiger partial charge < -0.3 is 13.9 Å². The molecule has 2 aromatic carbocycles. The minimum atomic E-state index is 0.564. The molecule has 112 valence electrons. The zero-order chi connectivity index (χ0) is 15.1. The summed E-state index contributed by atoms with van der Waals surface area (Å²) in [7, 11) is 3.42. The van der Waals surface area contributed by atoms with Crippen LogP contribution in [0.3, 0.4) is 0 Å². The molecule has 3 aromatic rings. The molecule has 1 aliphatic rings. The highest BCUT2D eigenvalue weighted by molar-refractivity contribution is 5.83. The summed E-state index contributed by atoms with van der Waals surface area (Å²) in [6.07, 6.45) is 2.41. The lowest BCUT2D eigenvalue weighted by Crippen LogP contribution is -1.96. The van der Waals surface area contributed by atoms with Gasteiger partial charge in [-0.2, -0.15) is 0 Å². The number of ether oxygens (including phenoxy) is 2. The average Bonchev–Trinajstić information content (AvgIpc) is 3.30. The third-order valence-electron chi connectivity index (χ3n) is 4.24. The SMILES string of the molecule is COc1cc(-c2cc3ccccc3o2)cc(OC)c1C1CC1. The molecule has 1 saturated carbocycles. The number of benzene rings is 2. The van der Waals surface area contributed by atoms with Gasteiger partial charge in [0.1, 0.15) is 22.8 Å². The Kier molecular flexibility index (Phi) is 3.07. The largest absolute Gasteiger partial charge is 0.496 e. The first-order chi connectivity index (χ1) is 10.8. The summed E-state index contributed by atoms with van der Waals surface area (Å²) in [5.41, 5.74) is 3.06. The molecular weight excluding hydrogens is 276 g/mol. The van der Waals surface area contributed by atoms with Crippen LogP contribution in [0, 0.1) is 0 Å². The van der Waals surface area contributed by atoms with E-state index in [1.807, 2.05) is 30.3 Å². The van der Waals surface area contributed by atoms with Crippen molar-refractivity contribution >= 4 is 11.0 Å². The fourth-order valence-electron chi connectivity index (χ4n) is 2.98. The van der Waals surface area contributed by atoms with Gasteiger partial charge in [-0.3, -0.25) is 0 Å². The Balaban J connectivity index is 1.87. The Labute approximate surface area is 129 Å². The van der Waals surface area contributed by atoms with Crippen LogP contribution in [0.15, 0.2) is 46.9 Å². The van der Waals surface area contributed by atoms with E-state index in [0.29, 0.717) is 5.92 Å². The van der Waals surface area contributed by atoms with Crippen LogP contribution in [0.25, 0.3) is 22.3 Å². The van der Waals surface area contributed by atoms with Gasteiger partial charge in [-0.15, -0.1) is 0 Å². The van der Waals surface area contributed by atoms with Gasteiger partial charge >= 0.3 is 0 Å². The van der Waals surface area contributed by atoms with Gasteiger partial charge in [0.2, 0.25) is 0 Å².